The van der Waals surface area contributed by atoms with Crippen LogP contribution in [0.5, 0.6) is 0 Å². The number of aliphatic hydroxyl groups excluding tert-OH is 1. The van der Waals surface area contributed by atoms with Crippen molar-refractivity contribution in [1.82, 2.24) is 0 Å². The van der Waals surface area contributed by atoms with Crippen LogP contribution in [0.2, 0.25) is 0 Å². The Morgan fingerprint density at radius 2 is 1.82 bits per heavy atom. The summed E-state index contributed by atoms with van der Waals surface area (Å²) in [6.45, 7) is 1.98. The van der Waals surface area contributed by atoms with E-state index >= 15 is 0 Å². The predicted molar refractivity (Wildman–Crippen MR) is 49.9 cm³/mol. The van der Waals surface area contributed by atoms with Crippen molar-refractivity contribution in [3.8, 4) is 0 Å². The van der Waals surface area contributed by atoms with Gasteiger partial charge in [0.2, 0.25) is 0 Å². The summed E-state index contributed by atoms with van der Waals surface area (Å²) in [5.74, 6) is 0. The van der Waals surface area contributed by atoms with Crippen LogP contribution in [0, 0.1) is 0 Å². The molecule has 0 saturated heterocycles. The summed E-state index contributed by atoms with van der Waals surface area (Å²) >= 11 is 11.6. The molecule has 0 aromatic carbocycles. The first-order valence-electron chi connectivity index (χ1n) is 3.36. The number of allylic oxidation sites excluding steroid dienone is 4. The molecule has 1 aliphatic rings. The van der Waals surface area contributed by atoms with E-state index in [1.807, 2.05) is 13.0 Å². The first kappa shape index (κ1) is 11.0. The summed E-state index contributed by atoms with van der Waals surface area (Å²) in [6, 6.07) is 0. The van der Waals surface area contributed by atoms with Crippen molar-refractivity contribution in [2.45, 2.75) is 19.8 Å². The van der Waals surface area contributed by atoms with Gasteiger partial charge in [0.25, 0.3) is 0 Å². The molecule has 1 N–H and O–H groups in total. The molecule has 0 bridgehead atoms. The average molecular weight is 195 g/mol. The van der Waals surface area contributed by atoms with E-state index in [9.17, 15) is 0 Å². The topological polar surface area (TPSA) is 20.2 Å². The normalized spacial score (nSPS) is 17.0. The van der Waals surface area contributed by atoms with Crippen LogP contribution in [0.15, 0.2) is 21.7 Å². The van der Waals surface area contributed by atoms with Crippen molar-refractivity contribution in [3.05, 3.63) is 21.7 Å². The number of rotatable bonds is 0. The van der Waals surface area contributed by atoms with Gasteiger partial charge in [0.1, 0.15) is 0 Å². The molecule has 0 saturated carbocycles. The van der Waals surface area contributed by atoms with Gasteiger partial charge in [0.15, 0.2) is 0 Å². The molecule has 1 nitrogen and oxygen atoms in total. The van der Waals surface area contributed by atoms with Crippen LogP contribution < -0.4 is 0 Å². The third-order valence-electron chi connectivity index (χ3n) is 1.38. The van der Waals surface area contributed by atoms with E-state index in [-0.39, 0.29) is 0 Å². The lowest BCUT2D eigenvalue weighted by Gasteiger charge is -2.07. The summed E-state index contributed by atoms with van der Waals surface area (Å²) < 4.78 is 0. The van der Waals surface area contributed by atoms with Crippen LogP contribution >= 0.6 is 23.2 Å². The average Bonchev–Trinajstić information content (AvgIpc) is 2.02. The molecule has 1 rings (SSSR count). The minimum absolute atomic E-state index is 0.901. The van der Waals surface area contributed by atoms with E-state index in [4.69, 9.17) is 28.3 Å². The summed E-state index contributed by atoms with van der Waals surface area (Å²) in [6.07, 6.45) is 3.73. The van der Waals surface area contributed by atoms with E-state index < -0.39 is 0 Å². The largest absolute Gasteiger partial charge is 0.400 e. The van der Waals surface area contributed by atoms with E-state index in [0.717, 1.165) is 35.6 Å². The number of halogens is 2. The van der Waals surface area contributed by atoms with Gasteiger partial charge in [-0.05, 0) is 31.4 Å². The summed E-state index contributed by atoms with van der Waals surface area (Å²) in [4.78, 5) is 0. The van der Waals surface area contributed by atoms with Gasteiger partial charge < -0.3 is 5.11 Å². The molecule has 0 atom stereocenters. The fourth-order valence-corrected chi connectivity index (χ4v) is 1.22. The van der Waals surface area contributed by atoms with Crippen LogP contribution in [0.4, 0.5) is 0 Å². The molecule has 0 heterocycles. The Labute approximate surface area is 77.3 Å². The van der Waals surface area contributed by atoms with Crippen molar-refractivity contribution < 1.29 is 5.11 Å². The van der Waals surface area contributed by atoms with Crippen molar-refractivity contribution in [2.75, 3.05) is 7.11 Å². The molecule has 0 spiro atoms. The molecule has 0 amide bonds. The van der Waals surface area contributed by atoms with Crippen molar-refractivity contribution in [3.63, 3.8) is 0 Å². The lowest BCUT2D eigenvalue weighted by atomic mass is 10.1. The lowest BCUT2D eigenvalue weighted by molar-refractivity contribution is 0.399. The zero-order chi connectivity index (χ0) is 8.85. The van der Waals surface area contributed by atoms with Crippen molar-refractivity contribution >= 4 is 23.2 Å². The Balaban J connectivity index is 0.000000461. The Kier molecular flexibility index (Phi) is 5.65. The summed E-state index contributed by atoms with van der Waals surface area (Å²) in [5.41, 5.74) is 1.10. The standard InChI is InChI=1S/C7H8Cl2.CH4O/c1-5-4-6(8)2-3-7(5)9;1-2/h4H,2-3H2,1H3;2H,1H3. The molecular formula is C8H12Cl2O. The first-order valence-corrected chi connectivity index (χ1v) is 4.12. The first-order chi connectivity index (χ1) is 5.20. The number of aliphatic hydroxyl groups is 1. The second kappa shape index (κ2) is 5.64. The van der Waals surface area contributed by atoms with Gasteiger partial charge in [-0.15, -0.1) is 0 Å². The maximum atomic E-state index is 7.00. The Bertz CT molecular complexity index is 183. The van der Waals surface area contributed by atoms with Gasteiger partial charge in [-0.2, -0.15) is 0 Å². The van der Waals surface area contributed by atoms with Crippen molar-refractivity contribution in [2.24, 2.45) is 0 Å². The number of hydrogen-bond donors (Lipinski definition) is 1. The Hall–Kier alpha value is 0.0200. The third-order valence-corrected chi connectivity index (χ3v) is 2.17. The molecule has 0 fully saturated rings. The Morgan fingerprint density at radius 1 is 1.27 bits per heavy atom. The van der Waals surface area contributed by atoms with Crippen LogP contribution in [-0.4, -0.2) is 12.2 Å². The Morgan fingerprint density at radius 3 is 2.18 bits per heavy atom. The van der Waals surface area contributed by atoms with E-state index in [1.54, 1.807) is 0 Å². The predicted octanol–water partition coefficient (Wildman–Crippen LogP) is 3.02. The van der Waals surface area contributed by atoms with Crippen molar-refractivity contribution in [1.29, 1.82) is 0 Å². The molecule has 0 unspecified atom stereocenters. The third kappa shape index (κ3) is 3.80. The molecule has 1 aliphatic carbocycles. The second-order valence-electron chi connectivity index (χ2n) is 2.18. The highest BCUT2D eigenvalue weighted by molar-refractivity contribution is 6.32. The molecule has 0 aromatic heterocycles. The van der Waals surface area contributed by atoms with Crippen LogP contribution in [-0.2, 0) is 0 Å². The maximum Gasteiger partial charge on any atom is 0.0319 e. The van der Waals surface area contributed by atoms with Gasteiger partial charge in [0, 0.05) is 17.2 Å². The van der Waals surface area contributed by atoms with Gasteiger partial charge in [0.05, 0.1) is 0 Å². The monoisotopic (exact) mass is 194 g/mol. The molecule has 11 heavy (non-hydrogen) atoms. The van der Waals surface area contributed by atoms with Gasteiger partial charge in [-0.1, -0.05) is 23.2 Å². The van der Waals surface area contributed by atoms with Gasteiger partial charge in [-0.3, -0.25) is 0 Å². The fourth-order valence-electron chi connectivity index (χ4n) is 0.812. The van der Waals surface area contributed by atoms with Crippen LogP contribution in [0.25, 0.3) is 0 Å². The zero-order valence-electron chi connectivity index (χ0n) is 6.69. The minimum Gasteiger partial charge on any atom is -0.400 e. The van der Waals surface area contributed by atoms with E-state index in [1.165, 1.54) is 0 Å². The maximum absolute atomic E-state index is 7.00. The summed E-state index contributed by atoms with van der Waals surface area (Å²) in [5, 5.41) is 8.86. The lowest BCUT2D eigenvalue weighted by Crippen LogP contribution is -1.87. The van der Waals surface area contributed by atoms with Gasteiger partial charge >= 0.3 is 0 Å². The molecule has 3 heteroatoms. The van der Waals surface area contributed by atoms with E-state index in [0.29, 0.717) is 0 Å². The molecule has 0 aromatic rings. The fraction of sp³-hybridized carbons (Fsp3) is 0.500. The number of hydrogen-bond acceptors (Lipinski definition) is 1. The van der Waals surface area contributed by atoms with Crippen LogP contribution in [0.1, 0.15) is 19.8 Å². The molecule has 64 valence electrons. The highest BCUT2D eigenvalue weighted by Gasteiger charge is 2.05. The highest BCUT2D eigenvalue weighted by Crippen LogP contribution is 2.27. The zero-order valence-corrected chi connectivity index (χ0v) is 8.21. The highest BCUT2D eigenvalue weighted by atomic mass is 35.5. The van der Waals surface area contributed by atoms with E-state index in [2.05, 4.69) is 0 Å². The molecule has 0 aliphatic heterocycles. The quantitative estimate of drug-likeness (QED) is 0.629. The minimum atomic E-state index is 0.901. The smallest absolute Gasteiger partial charge is 0.0319 e. The SMILES string of the molecule is CC1=C(Cl)CCC(Cl)=C1.CO. The van der Waals surface area contributed by atoms with Crippen LogP contribution in [0.3, 0.4) is 0 Å². The molecular weight excluding hydrogens is 183 g/mol. The van der Waals surface area contributed by atoms with Gasteiger partial charge in [-0.25, -0.2) is 0 Å². The summed E-state index contributed by atoms with van der Waals surface area (Å²) in [7, 11) is 1.00. The second-order valence-corrected chi connectivity index (χ2v) is 3.12. The molecule has 0 radical (unpaired) electrons.